The van der Waals surface area contributed by atoms with E-state index in [1.165, 1.54) is 0 Å². The molecule has 0 amide bonds. The molecule has 0 fully saturated rings. The van der Waals surface area contributed by atoms with Crippen LogP contribution in [0.2, 0.25) is 0 Å². The minimum atomic E-state index is 0.180. The average molecular weight is 321 g/mol. The van der Waals surface area contributed by atoms with E-state index in [1.54, 1.807) is 6.20 Å². The van der Waals surface area contributed by atoms with Gasteiger partial charge in [-0.2, -0.15) is 5.10 Å². The number of ketones is 1. The Bertz CT molecular complexity index is 593. The zero-order valence-corrected chi connectivity index (χ0v) is 13.0. The summed E-state index contributed by atoms with van der Waals surface area (Å²) in [4.78, 5) is 12.2. The summed E-state index contributed by atoms with van der Waals surface area (Å²) in [7, 11) is 1.90. The summed E-state index contributed by atoms with van der Waals surface area (Å²) in [5.74, 6) is 0.180. The Labute approximate surface area is 121 Å². The summed E-state index contributed by atoms with van der Waals surface area (Å²) in [6, 6.07) is 5.84. The maximum atomic E-state index is 12.2. The third kappa shape index (κ3) is 3.13. The highest BCUT2D eigenvalue weighted by Crippen LogP contribution is 2.23. The first-order valence-corrected chi connectivity index (χ1v) is 7.05. The van der Waals surface area contributed by atoms with Gasteiger partial charge in [0.05, 0.1) is 0 Å². The number of aromatic nitrogens is 2. The average Bonchev–Trinajstić information content (AvgIpc) is 2.78. The number of carbonyl (C=O) groups excluding carboxylic acids is 1. The molecule has 2 aromatic rings. The van der Waals surface area contributed by atoms with Gasteiger partial charge in [0.25, 0.3) is 0 Å². The molecule has 0 saturated heterocycles. The second-order valence-corrected chi connectivity index (χ2v) is 5.59. The van der Waals surface area contributed by atoms with E-state index in [-0.39, 0.29) is 5.78 Å². The minimum absolute atomic E-state index is 0.180. The van der Waals surface area contributed by atoms with Gasteiger partial charge in [-0.1, -0.05) is 15.9 Å². The summed E-state index contributed by atoms with van der Waals surface area (Å²) >= 11 is 3.52. The molecule has 0 spiro atoms. The summed E-state index contributed by atoms with van der Waals surface area (Å²) in [5, 5.41) is 4.11. The summed E-state index contributed by atoms with van der Waals surface area (Å²) in [6.07, 6.45) is 3.00. The van der Waals surface area contributed by atoms with E-state index >= 15 is 0 Å². The van der Waals surface area contributed by atoms with Crippen molar-refractivity contribution in [1.82, 2.24) is 9.78 Å². The molecule has 1 heterocycles. The van der Waals surface area contributed by atoms with E-state index in [2.05, 4.69) is 21.0 Å². The third-order valence-electron chi connectivity index (χ3n) is 3.29. The molecule has 0 N–H and O–H groups in total. The Morgan fingerprint density at radius 3 is 2.47 bits per heavy atom. The molecule has 3 nitrogen and oxygen atoms in total. The molecular formula is C15H17BrN2O. The van der Waals surface area contributed by atoms with Gasteiger partial charge in [-0.25, -0.2) is 0 Å². The highest BCUT2D eigenvalue weighted by atomic mass is 79.9. The number of Topliss-reactive ketones (excluding diaryl/α,β-unsaturated/α-hetero) is 1. The quantitative estimate of drug-likeness (QED) is 0.806. The molecule has 0 radical (unpaired) electrons. The van der Waals surface area contributed by atoms with Gasteiger partial charge in [-0.15, -0.1) is 0 Å². The Kier molecular flexibility index (Phi) is 4.20. The minimum Gasteiger partial charge on any atom is -0.294 e. The normalized spacial score (nSPS) is 10.7. The van der Waals surface area contributed by atoms with Crippen molar-refractivity contribution in [3.05, 3.63) is 51.3 Å². The van der Waals surface area contributed by atoms with Gasteiger partial charge >= 0.3 is 0 Å². The maximum Gasteiger partial charge on any atom is 0.163 e. The second-order valence-electron chi connectivity index (χ2n) is 4.79. The molecule has 0 bridgehead atoms. The van der Waals surface area contributed by atoms with Gasteiger partial charge in [0.2, 0.25) is 0 Å². The van der Waals surface area contributed by atoms with E-state index in [0.29, 0.717) is 6.42 Å². The molecule has 0 unspecified atom stereocenters. The number of hydrogen-bond acceptors (Lipinski definition) is 2. The highest BCUT2D eigenvalue weighted by molar-refractivity contribution is 9.10. The molecule has 4 heteroatoms. The van der Waals surface area contributed by atoms with Gasteiger partial charge in [0.1, 0.15) is 0 Å². The number of hydrogen-bond donors (Lipinski definition) is 0. The Morgan fingerprint density at radius 2 is 1.95 bits per heavy atom. The fourth-order valence-corrected chi connectivity index (χ4v) is 2.37. The van der Waals surface area contributed by atoms with Crippen LogP contribution in [-0.4, -0.2) is 15.6 Å². The first kappa shape index (κ1) is 14.0. The van der Waals surface area contributed by atoms with Crippen LogP contribution in [0.5, 0.6) is 0 Å². The van der Waals surface area contributed by atoms with Gasteiger partial charge < -0.3 is 0 Å². The van der Waals surface area contributed by atoms with Crippen molar-refractivity contribution >= 4 is 21.7 Å². The highest BCUT2D eigenvalue weighted by Gasteiger charge is 2.10. The maximum absolute atomic E-state index is 12.2. The predicted octanol–water partition coefficient (Wildman–Crippen LogP) is 3.61. The molecule has 1 aromatic carbocycles. The number of carbonyl (C=O) groups is 1. The summed E-state index contributed by atoms with van der Waals surface area (Å²) in [5.41, 5.74) is 4.08. The standard InChI is InChI=1S/C15H17BrN2O/c1-10-8-12(9-11(2)15(10)16)14(19)5-4-13-6-7-17-18(13)3/h6-9H,4-5H2,1-3H3. The van der Waals surface area contributed by atoms with Crippen LogP contribution in [0.1, 0.15) is 33.6 Å². The number of rotatable bonds is 4. The zero-order chi connectivity index (χ0) is 14.0. The van der Waals surface area contributed by atoms with Crippen LogP contribution in [0.3, 0.4) is 0 Å². The van der Waals surface area contributed by atoms with Gasteiger partial charge in [-0.3, -0.25) is 9.48 Å². The number of nitrogens with zero attached hydrogens (tertiary/aromatic N) is 2. The summed E-state index contributed by atoms with van der Waals surface area (Å²) in [6.45, 7) is 4.02. The molecule has 0 aliphatic rings. The molecule has 19 heavy (non-hydrogen) atoms. The van der Waals surface area contributed by atoms with Crippen LogP contribution in [0.4, 0.5) is 0 Å². The second kappa shape index (κ2) is 5.70. The van der Waals surface area contributed by atoms with Crippen molar-refractivity contribution in [1.29, 1.82) is 0 Å². The van der Waals surface area contributed by atoms with Crippen LogP contribution in [0, 0.1) is 13.8 Å². The largest absolute Gasteiger partial charge is 0.294 e. The molecular weight excluding hydrogens is 304 g/mol. The van der Waals surface area contributed by atoms with Crippen molar-refractivity contribution in [3.63, 3.8) is 0 Å². The van der Waals surface area contributed by atoms with Crippen molar-refractivity contribution in [3.8, 4) is 0 Å². The molecule has 0 aliphatic carbocycles. The molecule has 1 aromatic heterocycles. The first-order chi connectivity index (χ1) is 8.99. The lowest BCUT2D eigenvalue weighted by Gasteiger charge is -2.07. The van der Waals surface area contributed by atoms with Crippen molar-refractivity contribution in [2.45, 2.75) is 26.7 Å². The van der Waals surface area contributed by atoms with Gasteiger partial charge in [-0.05, 0) is 49.6 Å². The zero-order valence-electron chi connectivity index (χ0n) is 11.4. The fourth-order valence-electron chi connectivity index (χ4n) is 2.14. The number of benzene rings is 1. The van der Waals surface area contributed by atoms with Crippen molar-refractivity contribution in [2.75, 3.05) is 0 Å². The van der Waals surface area contributed by atoms with Crippen LogP contribution >= 0.6 is 15.9 Å². The number of aryl methyl sites for hydroxylation is 4. The van der Waals surface area contributed by atoms with E-state index < -0.39 is 0 Å². The Morgan fingerprint density at radius 1 is 1.32 bits per heavy atom. The molecule has 2 rings (SSSR count). The first-order valence-electron chi connectivity index (χ1n) is 6.26. The smallest absolute Gasteiger partial charge is 0.163 e. The topological polar surface area (TPSA) is 34.9 Å². The van der Waals surface area contributed by atoms with E-state index in [9.17, 15) is 4.79 Å². The fraction of sp³-hybridized carbons (Fsp3) is 0.333. The molecule has 0 aliphatic heterocycles. The SMILES string of the molecule is Cc1cc(C(=O)CCc2ccnn2C)cc(C)c1Br. The van der Waals surface area contributed by atoms with Crippen molar-refractivity contribution < 1.29 is 4.79 Å². The Hall–Kier alpha value is -1.42. The lowest BCUT2D eigenvalue weighted by molar-refractivity contribution is 0.0982. The van der Waals surface area contributed by atoms with E-state index in [4.69, 9.17) is 0 Å². The molecule has 0 atom stereocenters. The Balaban J connectivity index is 2.10. The molecule has 0 saturated carbocycles. The molecule has 100 valence electrons. The predicted molar refractivity (Wildman–Crippen MR) is 79.5 cm³/mol. The van der Waals surface area contributed by atoms with E-state index in [0.717, 1.165) is 33.3 Å². The lowest BCUT2D eigenvalue weighted by Crippen LogP contribution is -2.05. The number of halogens is 1. The van der Waals surface area contributed by atoms with Gasteiger partial charge in [0, 0.05) is 35.4 Å². The lowest BCUT2D eigenvalue weighted by atomic mass is 10.0. The van der Waals surface area contributed by atoms with Crippen LogP contribution in [-0.2, 0) is 13.5 Å². The van der Waals surface area contributed by atoms with Gasteiger partial charge in [0.15, 0.2) is 5.78 Å². The van der Waals surface area contributed by atoms with Crippen LogP contribution < -0.4 is 0 Å². The monoisotopic (exact) mass is 320 g/mol. The third-order valence-corrected chi connectivity index (χ3v) is 4.54. The van der Waals surface area contributed by atoms with E-state index in [1.807, 2.05) is 43.8 Å². The summed E-state index contributed by atoms with van der Waals surface area (Å²) < 4.78 is 2.89. The van der Waals surface area contributed by atoms with Crippen LogP contribution in [0.25, 0.3) is 0 Å². The van der Waals surface area contributed by atoms with Crippen LogP contribution in [0.15, 0.2) is 28.9 Å². The van der Waals surface area contributed by atoms with Crippen molar-refractivity contribution in [2.24, 2.45) is 7.05 Å².